The molecule has 3 heteroatoms. The van der Waals surface area contributed by atoms with Crippen LogP contribution < -0.4 is 0 Å². The minimum absolute atomic E-state index is 0.0468. The van der Waals surface area contributed by atoms with Crippen molar-refractivity contribution < 1.29 is 5.11 Å². The van der Waals surface area contributed by atoms with Gasteiger partial charge in [-0.05, 0) is 23.1 Å². The van der Waals surface area contributed by atoms with Crippen molar-refractivity contribution in [2.24, 2.45) is 0 Å². The Kier molecular flexibility index (Phi) is 2.82. The second-order valence-corrected chi connectivity index (χ2v) is 4.05. The molecule has 1 heterocycles. The lowest BCUT2D eigenvalue weighted by atomic mass is 10.1. The van der Waals surface area contributed by atoms with Crippen LogP contribution in [0.1, 0.15) is 11.1 Å². The van der Waals surface area contributed by atoms with Crippen LogP contribution >= 0.6 is 11.3 Å². The van der Waals surface area contributed by atoms with Gasteiger partial charge in [0.25, 0.3) is 0 Å². The minimum atomic E-state index is 0.0468. The Morgan fingerprint density at radius 3 is 2.80 bits per heavy atom. The average Bonchev–Trinajstić information content (AvgIpc) is 2.77. The number of aliphatic hydroxyl groups is 1. The Morgan fingerprint density at radius 1 is 1.33 bits per heavy atom. The molecule has 2 rings (SSSR count). The van der Waals surface area contributed by atoms with Gasteiger partial charge in [0, 0.05) is 10.4 Å². The van der Waals surface area contributed by atoms with Crippen molar-refractivity contribution in [1.29, 1.82) is 5.26 Å². The number of rotatable bonds is 2. The monoisotopic (exact) mass is 215 g/mol. The molecule has 0 saturated carbocycles. The molecule has 0 fully saturated rings. The van der Waals surface area contributed by atoms with E-state index in [1.165, 1.54) is 0 Å². The van der Waals surface area contributed by atoms with Gasteiger partial charge in [-0.15, -0.1) is 11.3 Å². The molecule has 0 aliphatic rings. The predicted octanol–water partition coefficient (Wildman–Crippen LogP) is 2.78. The highest BCUT2D eigenvalue weighted by atomic mass is 32.1. The van der Waals surface area contributed by atoms with E-state index in [0.717, 1.165) is 16.0 Å². The molecule has 2 nitrogen and oxygen atoms in total. The summed E-state index contributed by atoms with van der Waals surface area (Å²) in [5, 5.41) is 19.8. The number of benzene rings is 1. The van der Waals surface area contributed by atoms with Crippen LogP contribution in [0.15, 0.2) is 35.7 Å². The maximum absolute atomic E-state index is 8.97. The van der Waals surface area contributed by atoms with Crippen LogP contribution in [0.4, 0.5) is 0 Å². The van der Waals surface area contributed by atoms with Gasteiger partial charge in [0.15, 0.2) is 0 Å². The molecule has 0 atom stereocenters. The van der Waals surface area contributed by atoms with Crippen LogP contribution in [0.25, 0.3) is 10.4 Å². The van der Waals surface area contributed by atoms with Gasteiger partial charge in [-0.1, -0.05) is 18.2 Å². The molecule has 0 saturated heterocycles. The summed E-state index contributed by atoms with van der Waals surface area (Å²) in [5.74, 6) is 0. The lowest BCUT2D eigenvalue weighted by molar-refractivity contribution is 0.282. The molecule has 1 N–H and O–H groups in total. The van der Waals surface area contributed by atoms with E-state index < -0.39 is 0 Å². The summed E-state index contributed by atoms with van der Waals surface area (Å²) >= 11 is 1.55. The first kappa shape index (κ1) is 9.91. The van der Waals surface area contributed by atoms with Gasteiger partial charge in [0.2, 0.25) is 0 Å². The number of aliphatic hydroxyl groups excluding tert-OH is 1. The molecular formula is C12H9NOS. The zero-order valence-corrected chi connectivity index (χ0v) is 8.79. The highest BCUT2D eigenvalue weighted by Crippen LogP contribution is 2.29. The summed E-state index contributed by atoms with van der Waals surface area (Å²) in [6.07, 6.45) is 0. The minimum Gasteiger partial charge on any atom is -0.392 e. The van der Waals surface area contributed by atoms with Crippen LogP contribution in [0, 0.1) is 11.3 Å². The van der Waals surface area contributed by atoms with Crippen molar-refractivity contribution in [3.63, 3.8) is 0 Å². The zero-order valence-electron chi connectivity index (χ0n) is 7.97. The molecule has 0 spiro atoms. The van der Waals surface area contributed by atoms with E-state index in [-0.39, 0.29) is 6.61 Å². The van der Waals surface area contributed by atoms with Crippen molar-refractivity contribution >= 4 is 11.3 Å². The third-order valence-electron chi connectivity index (χ3n) is 2.15. The Balaban J connectivity index is 2.49. The standard InChI is InChI=1S/C12H9NOS/c13-6-10-3-1-2-4-11(10)12-5-9(7-14)8-15-12/h1-5,8,14H,7H2. The van der Waals surface area contributed by atoms with E-state index in [2.05, 4.69) is 6.07 Å². The van der Waals surface area contributed by atoms with E-state index >= 15 is 0 Å². The van der Waals surface area contributed by atoms with Crippen molar-refractivity contribution in [3.8, 4) is 16.5 Å². The van der Waals surface area contributed by atoms with Gasteiger partial charge in [-0.25, -0.2) is 0 Å². The van der Waals surface area contributed by atoms with Gasteiger partial charge < -0.3 is 5.11 Å². The van der Waals surface area contributed by atoms with E-state index in [4.69, 9.17) is 10.4 Å². The molecule has 15 heavy (non-hydrogen) atoms. The molecule has 1 aromatic heterocycles. The Labute approximate surface area is 92.0 Å². The molecule has 0 unspecified atom stereocenters. The van der Waals surface area contributed by atoms with E-state index in [9.17, 15) is 0 Å². The second kappa shape index (κ2) is 4.26. The van der Waals surface area contributed by atoms with Crippen molar-refractivity contribution in [2.75, 3.05) is 0 Å². The number of hydrogen-bond donors (Lipinski definition) is 1. The van der Waals surface area contributed by atoms with E-state index in [1.54, 1.807) is 17.4 Å². The molecule has 0 amide bonds. The van der Waals surface area contributed by atoms with Gasteiger partial charge >= 0.3 is 0 Å². The third kappa shape index (κ3) is 1.91. The second-order valence-electron chi connectivity index (χ2n) is 3.13. The topological polar surface area (TPSA) is 44.0 Å². The summed E-state index contributed by atoms with van der Waals surface area (Å²) < 4.78 is 0. The lowest BCUT2D eigenvalue weighted by Crippen LogP contribution is -1.80. The van der Waals surface area contributed by atoms with Crippen molar-refractivity contribution in [2.45, 2.75) is 6.61 Å². The number of thiophene rings is 1. The fourth-order valence-corrected chi connectivity index (χ4v) is 2.34. The summed E-state index contributed by atoms with van der Waals surface area (Å²) in [4.78, 5) is 1.02. The smallest absolute Gasteiger partial charge is 0.0998 e. The van der Waals surface area contributed by atoms with Crippen LogP contribution in [0.2, 0.25) is 0 Å². The maximum Gasteiger partial charge on any atom is 0.0998 e. The predicted molar refractivity (Wildman–Crippen MR) is 60.4 cm³/mol. The number of nitrogens with zero attached hydrogens (tertiary/aromatic N) is 1. The molecule has 2 aromatic rings. The first-order valence-corrected chi connectivity index (χ1v) is 5.41. The van der Waals surface area contributed by atoms with Crippen LogP contribution in [0.5, 0.6) is 0 Å². The SMILES string of the molecule is N#Cc1ccccc1-c1cc(CO)cs1. The molecule has 0 bridgehead atoms. The van der Waals surface area contributed by atoms with Crippen molar-refractivity contribution in [3.05, 3.63) is 46.8 Å². The van der Waals surface area contributed by atoms with E-state index in [1.807, 2.05) is 29.6 Å². The maximum atomic E-state index is 8.97. The van der Waals surface area contributed by atoms with Gasteiger partial charge in [-0.3, -0.25) is 0 Å². The summed E-state index contributed by atoms with van der Waals surface area (Å²) in [6.45, 7) is 0.0468. The molecule has 1 aromatic carbocycles. The summed E-state index contributed by atoms with van der Waals surface area (Å²) in [7, 11) is 0. The highest BCUT2D eigenvalue weighted by molar-refractivity contribution is 7.13. The first-order valence-electron chi connectivity index (χ1n) is 4.53. The quantitative estimate of drug-likeness (QED) is 0.837. The Morgan fingerprint density at radius 2 is 2.13 bits per heavy atom. The van der Waals surface area contributed by atoms with Crippen LogP contribution in [-0.4, -0.2) is 5.11 Å². The largest absolute Gasteiger partial charge is 0.392 e. The fraction of sp³-hybridized carbons (Fsp3) is 0.0833. The molecule has 0 aliphatic heterocycles. The van der Waals surface area contributed by atoms with Crippen molar-refractivity contribution in [1.82, 2.24) is 0 Å². The Hall–Kier alpha value is -1.63. The normalized spacial score (nSPS) is 9.87. The molecular weight excluding hydrogens is 206 g/mol. The molecule has 0 radical (unpaired) electrons. The number of nitriles is 1. The van der Waals surface area contributed by atoms with Gasteiger partial charge in [0.05, 0.1) is 18.2 Å². The Bertz CT molecular complexity index is 510. The highest BCUT2D eigenvalue weighted by Gasteiger charge is 2.06. The van der Waals surface area contributed by atoms with Gasteiger partial charge in [0.1, 0.15) is 0 Å². The van der Waals surface area contributed by atoms with E-state index in [0.29, 0.717) is 5.56 Å². The van der Waals surface area contributed by atoms with Crippen LogP contribution in [-0.2, 0) is 6.61 Å². The third-order valence-corrected chi connectivity index (χ3v) is 3.16. The molecule has 74 valence electrons. The summed E-state index contributed by atoms with van der Waals surface area (Å²) in [6, 6.07) is 11.6. The summed E-state index contributed by atoms with van der Waals surface area (Å²) in [5.41, 5.74) is 2.50. The van der Waals surface area contributed by atoms with Crippen LogP contribution in [0.3, 0.4) is 0 Å². The first-order chi connectivity index (χ1) is 7.35. The zero-order chi connectivity index (χ0) is 10.7. The molecule has 0 aliphatic carbocycles. The van der Waals surface area contributed by atoms with Gasteiger partial charge in [-0.2, -0.15) is 5.26 Å². The number of hydrogen-bond acceptors (Lipinski definition) is 3. The lowest BCUT2D eigenvalue weighted by Gasteiger charge is -1.98. The average molecular weight is 215 g/mol. The fourth-order valence-electron chi connectivity index (χ4n) is 1.40.